The van der Waals surface area contributed by atoms with Crippen LogP contribution in [0, 0.1) is 0 Å². The molecule has 0 aliphatic carbocycles. The SMILES string of the molecule is CC1=C(C(=O)O)N2C(=O)[C@@H](NC(=O)[C@H](N)c3ccccc3)[C@H]2SC1.CCO. The molecule has 0 unspecified atom stereocenters. The average Bonchev–Trinajstić information content (AvgIpc) is 2.66. The van der Waals surface area contributed by atoms with Crippen LogP contribution in [0.1, 0.15) is 25.5 Å². The number of benzene rings is 1. The number of nitrogens with one attached hydrogen (secondary N) is 1. The standard InChI is InChI=1S/C16H17N3O4S.C2H6O/c1-8-7-24-15-11(14(21)19(15)12(8)16(22)23)18-13(20)10(17)9-5-3-2-4-6-9;1-2-3/h2-6,10-11,15H,7,17H2,1H3,(H,18,20)(H,22,23);3H,2H2,1H3/t10-,11-,15-;/m1./s1. The Morgan fingerprint density at radius 3 is 2.52 bits per heavy atom. The monoisotopic (exact) mass is 393 g/mol. The van der Waals surface area contributed by atoms with Crippen molar-refractivity contribution in [2.24, 2.45) is 5.73 Å². The maximum atomic E-state index is 12.3. The van der Waals surface area contributed by atoms with E-state index in [1.807, 2.05) is 6.07 Å². The highest BCUT2D eigenvalue weighted by Gasteiger charge is 2.53. The van der Waals surface area contributed by atoms with E-state index in [-0.39, 0.29) is 12.3 Å². The van der Waals surface area contributed by atoms with Gasteiger partial charge in [0.25, 0.3) is 5.91 Å². The number of rotatable bonds is 4. The number of hydrogen-bond donors (Lipinski definition) is 4. The number of aliphatic carboxylic acids is 1. The van der Waals surface area contributed by atoms with Crippen molar-refractivity contribution in [2.45, 2.75) is 31.3 Å². The maximum Gasteiger partial charge on any atom is 0.352 e. The van der Waals surface area contributed by atoms with E-state index < -0.39 is 35.2 Å². The number of fused-ring (bicyclic) bond motifs is 1. The fraction of sp³-hybridized carbons (Fsp3) is 0.389. The zero-order valence-corrected chi connectivity index (χ0v) is 15.9. The summed E-state index contributed by atoms with van der Waals surface area (Å²) in [6.45, 7) is 3.62. The van der Waals surface area contributed by atoms with E-state index >= 15 is 0 Å². The minimum Gasteiger partial charge on any atom is -0.477 e. The van der Waals surface area contributed by atoms with Crippen LogP contribution in [-0.4, -0.2) is 56.7 Å². The number of carboxylic acids is 1. The quantitative estimate of drug-likeness (QED) is 0.546. The topological polar surface area (TPSA) is 133 Å². The first kappa shape index (κ1) is 20.9. The molecule has 1 aromatic rings. The molecule has 2 aliphatic rings. The van der Waals surface area contributed by atoms with E-state index in [0.717, 1.165) is 0 Å². The third-order valence-electron chi connectivity index (χ3n) is 4.10. The maximum absolute atomic E-state index is 12.3. The highest BCUT2D eigenvalue weighted by molar-refractivity contribution is 8.00. The van der Waals surface area contributed by atoms with Gasteiger partial charge in [0.1, 0.15) is 23.2 Å². The van der Waals surface area contributed by atoms with Crippen molar-refractivity contribution < 1.29 is 24.6 Å². The number of aliphatic hydroxyl groups excluding tert-OH is 1. The molecule has 2 amide bonds. The number of amides is 2. The van der Waals surface area contributed by atoms with Crippen molar-refractivity contribution in [3.05, 3.63) is 47.2 Å². The van der Waals surface area contributed by atoms with Gasteiger partial charge in [0.15, 0.2) is 0 Å². The molecule has 0 bridgehead atoms. The molecule has 3 rings (SSSR count). The lowest BCUT2D eigenvalue weighted by atomic mass is 10.0. The van der Waals surface area contributed by atoms with Gasteiger partial charge >= 0.3 is 5.97 Å². The summed E-state index contributed by atoms with van der Waals surface area (Å²) in [5, 5.41) is 19.1. The second-order valence-electron chi connectivity index (χ2n) is 6.03. The number of carbonyl (C=O) groups excluding carboxylic acids is 2. The van der Waals surface area contributed by atoms with Gasteiger partial charge in [-0.1, -0.05) is 30.3 Å². The van der Waals surface area contributed by atoms with E-state index in [2.05, 4.69) is 5.32 Å². The lowest BCUT2D eigenvalue weighted by Gasteiger charge is -2.49. The van der Waals surface area contributed by atoms with Crippen LogP contribution in [0.4, 0.5) is 0 Å². The first-order chi connectivity index (χ1) is 12.8. The Kier molecular flexibility index (Phi) is 7.00. The van der Waals surface area contributed by atoms with Crippen molar-refractivity contribution in [1.82, 2.24) is 10.2 Å². The zero-order valence-electron chi connectivity index (χ0n) is 15.1. The highest BCUT2D eigenvalue weighted by Crippen LogP contribution is 2.40. The van der Waals surface area contributed by atoms with E-state index in [4.69, 9.17) is 10.8 Å². The molecule has 146 valence electrons. The number of nitrogens with zero attached hydrogens (tertiary/aromatic N) is 1. The van der Waals surface area contributed by atoms with Gasteiger partial charge in [-0.25, -0.2) is 4.79 Å². The predicted octanol–water partition coefficient (Wildman–Crippen LogP) is 0.444. The fourth-order valence-corrected chi connectivity index (χ4v) is 4.12. The molecule has 1 fully saturated rings. The largest absolute Gasteiger partial charge is 0.477 e. The molecule has 0 saturated carbocycles. The first-order valence-corrected chi connectivity index (χ1v) is 9.47. The molecule has 27 heavy (non-hydrogen) atoms. The van der Waals surface area contributed by atoms with Crippen molar-refractivity contribution >= 4 is 29.5 Å². The van der Waals surface area contributed by atoms with E-state index in [0.29, 0.717) is 16.9 Å². The summed E-state index contributed by atoms with van der Waals surface area (Å²) in [6, 6.07) is 7.23. The lowest BCUT2D eigenvalue weighted by Crippen LogP contribution is -2.71. The van der Waals surface area contributed by atoms with Gasteiger partial charge < -0.3 is 21.3 Å². The summed E-state index contributed by atoms with van der Waals surface area (Å²) in [6.07, 6.45) is 0. The fourth-order valence-electron chi connectivity index (χ4n) is 2.83. The van der Waals surface area contributed by atoms with Gasteiger partial charge in [-0.05, 0) is 25.0 Å². The third-order valence-corrected chi connectivity index (χ3v) is 5.52. The third kappa shape index (κ3) is 4.32. The summed E-state index contributed by atoms with van der Waals surface area (Å²) >= 11 is 1.43. The molecule has 0 aromatic heterocycles. The molecular weight excluding hydrogens is 370 g/mol. The number of carbonyl (C=O) groups is 3. The van der Waals surface area contributed by atoms with E-state index in [1.165, 1.54) is 16.7 Å². The van der Waals surface area contributed by atoms with Gasteiger partial charge in [0, 0.05) is 12.4 Å². The Morgan fingerprint density at radius 2 is 1.96 bits per heavy atom. The van der Waals surface area contributed by atoms with Crippen LogP contribution in [0.5, 0.6) is 0 Å². The van der Waals surface area contributed by atoms with Crippen LogP contribution in [0.3, 0.4) is 0 Å². The number of β-lactam (4-membered cyclic amide) rings is 1. The van der Waals surface area contributed by atoms with Crippen LogP contribution >= 0.6 is 11.8 Å². The molecule has 8 nitrogen and oxygen atoms in total. The van der Waals surface area contributed by atoms with E-state index in [1.54, 1.807) is 38.1 Å². The molecule has 2 heterocycles. The van der Waals surface area contributed by atoms with Crippen LogP contribution in [0.25, 0.3) is 0 Å². The van der Waals surface area contributed by atoms with Crippen LogP contribution in [0.2, 0.25) is 0 Å². The Bertz CT molecular complexity index is 753. The zero-order chi connectivity index (χ0) is 20.1. The Morgan fingerprint density at radius 1 is 1.37 bits per heavy atom. The Hall–Kier alpha value is -2.36. The van der Waals surface area contributed by atoms with Crippen LogP contribution in [0.15, 0.2) is 41.6 Å². The van der Waals surface area contributed by atoms with Gasteiger partial charge in [0.05, 0.1) is 0 Å². The average molecular weight is 393 g/mol. The van der Waals surface area contributed by atoms with Gasteiger partial charge in [-0.15, -0.1) is 11.8 Å². The molecule has 2 aliphatic heterocycles. The predicted molar refractivity (Wildman–Crippen MR) is 101 cm³/mol. The van der Waals surface area contributed by atoms with Crippen LogP contribution in [-0.2, 0) is 14.4 Å². The number of nitrogens with two attached hydrogens (primary N) is 1. The van der Waals surface area contributed by atoms with Gasteiger partial charge in [-0.2, -0.15) is 0 Å². The summed E-state index contributed by atoms with van der Waals surface area (Å²) < 4.78 is 0. The molecule has 5 N–H and O–H groups in total. The number of aliphatic hydroxyl groups is 1. The Balaban J connectivity index is 0.000000817. The number of hydrogen-bond acceptors (Lipinski definition) is 6. The Labute approximate surface area is 161 Å². The van der Waals surface area contributed by atoms with E-state index in [9.17, 15) is 19.5 Å². The molecule has 3 atom stereocenters. The first-order valence-electron chi connectivity index (χ1n) is 8.42. The summed E-state index contributed by atoms with van der Waals surface area (Å²) in [5.41, 5.74) is 7.24. The molecule has 1 aromatic carbocycles. The van der Waals surface area contributed by atoms with Crippen molar-refractivity contribution in [2.75, 3.05) is 12.4 Å². The molecule has 0 spiro atoms. The number of carboxylic acid groups (broad SMARTS) is 1. The van der Waals surface area contributed by atoms with Crippen LogP contribution < -0.4 is 11.1 Å². The molecular formula is C18H23N3O5S. The van der Waals surface area contributed by atoms with Gasteiger partial charge in [0.2, 0.25) is 5.91 Å². The molecule has 0 radical (unpaired) electrons. The smallest absolute Gasteiger partial charge is 0.352 e. The second kappa shape index (κ2) is 9.03. The minimum atomic E-state index is -1.13. The normalized spacial score (nSPS) is 22.1. The van der Waals surface area contributed by atoms with Crippen molar-refractivity contribution in [3.63, 3.8) is 0 Å². The minimum absolute atomic E-state index is 0.0154. The molecule has 9 heteroatoms. The lowest BCUT2D eigenvalue weighted by molar-refractivity contribution is -0.150. The molecule has 1 saturated heterocycles. The van der Waals surface area contributed by atoms with Gasteiger partial charge in [-0.3, -0.25) is 14.5 Å². The van der Waals surface area contributed by atoms with Crippen molar-refractivity contribution in [1.29, 1.82) is 0 Å². The summed E-state index contributed by atoms with van der Waals surface area (Å²) in [7, 11) is 0. The summed E-state index contributed by atoms with van der Waals surface area (Å²) in [5.74, 6) is -1.50. The number of thioether (sulfide) groups is 1. The van der Waals surface area contributed by atoms with Crippen molar-refractivity contribution in [3.8, 4) is 0 Å². The summed E-state index contributed by atoms with van der Waals surface area (Å²) in [4.78, 5) is 37.2. The second-order valence-corrected chi connectivity index (χ2v) is 7.14. The highest BCUT2D eigenvalue weighted by atomic mass is 32.2.